The van der Waals surface area contributed by atoms with Gasteiger partial charge in [0.25, 0.3) is 11.8 Å². The molecule has 0 fully saturated rings. The van der Waals surface area contributed by atoms with Gasteiger partial charge in [-0.15, -0.1) is 0 Å². The first-order valence-electron chi connectivity index (χ1n) is 9.82. The predicted octanol–water partition coefficient (Wildman–Crippen LogP) is 3.98. The summed E-state index contributed by atoms with van der Waals surface area (Å²) in [6.07, 6.45) is 0.680. The molecule has 1 aliphatic rings. The molecule has 154 valence electrons. The van der Waals surface area contributed by atoms with Crippen molar-refractivity contribution in [3.63, 3.8) is 0 Å². The van der Waals surface area contributed by atoms with Crippen molar-refractivity contribution in [1.82, 2.24) is 9.88 Å². The molecule has 0 saturated heterocycles. The van der Waals surface area contributed by atoms with Gasteiger partial charge in [0.15, 0.2) is 11.7 Å². The summed E-state index contributed by atoms with van der Waals surface area (Å²) in [6, 6.07) is 15.0. The lowest BCUT2D eigenvalue weighted by Crippen LogP contribution is -2.35. The first-order valence-corrected chi connectivity index (χ1v) is 10.6. The number of carbonyl (C=O) groups excluding carboxylic acids is 2. The zero-order chi connectivity index (χ0) is 21.1. The number of hydrogen-bond acceptors (Lipinski definition) is 5. The highest BCUT2D eigenvalue weighted by atomic mass is 32.1. The van der Waals surface area contributed by atoms with E-state index in [9.17, 15) is 9.59 Å². The van der Waals surface area contributed by atoms with Crippen molar-refractivity contribution >= 4 is 28.3 Å². The average Bonchev–Trinajstić information content (AvgIpc) is 3.16. The number of fused-ring (bicyclic) bond motifs is 1. The van der Waals surface area contributed by atoms with Gasteiger partial charge in [-0.3, -0.25) is 14.9 Å². The minimum Gasteiger partial charge on any atom is -0.484 e. The Morgan fingerprint density at radius 2 is 1.93 bits per heavy atom. The molecular weight excluding hydrogens is 398 g/mol. The number of rotatable bonds is 5. The molecule has 1 N–H and O–H groups in total. The largest absolute Gasteiger partial charge is 0.484 e. The summed E-state index contributed by atoms with van der Waals surface area (Å²) >= 11 is 1.41. The fourth-order valence-electron chi connectivity index (χ4n) is 3.29. The van der Waals surface area contributed by atoms with E-state index >= 15 is 0 Å². The monoisotopic (exact) mass is 421 g/mol. The molecule has 0 radical (unpaired) electrons. The zero-order valence-electron chi connectivity index (χ0n) is 17.0. The van der Waals surface area contributed by atoms with Crippen molar-refractivity contribution in [1.29, 1.82) is 0 Å². The normalized spacial score (nSPS) is 12.9. The molecule has 2 heterocycles. The summed E-state index contributed by atoms with van der Waals surface area (Å²) in [7, 11) is 0. The summed E-state index contributed by atoms with van der Waals surface area (Å²) < 4.78 is 5.59. The van der Waals surface area contributed by atoms with Crippen LogP contribution in [-0.4, -0.2) is 34.8 Å². The maximum Gasteiger partial charge on any atom is 0.264 e. The number of benzene rings is 2. The van der Waals surface area contributed by atoms with Crippen molar-refractivity contribution in [2.45, 2.75) is 26.8 Å². The number of nitrogens with zero attached hydrogens (tertiary/aromatic N) is 2. The number of aryl methyl sites for hydroxylation is 2. The molecule has 6 nitrogen and oxygen atoms in total. The second kappa shape index (κ2) is 8.67. The van der Waals surface area contributed by atoms with Crippen molar-refractivity contribution < 1.29 is 14.3 Å². The fourth-order valence-corrected chi connectivity index (χ4v) is 4.33. The molecule has 0 bridgehead atoms. The third kappa shape index (κ3) is 4.52. The highest BCUT2D eigenvalue weighted by Crippen LogP contribution is 2.29. The first kappa shape index (κ1) is 20.1. The molecule has 0 unspecified atom stereocenters. The number of carbonyl (C=O) groups is 2. The van der Waals surface area contributed by atoms with Crippen LogP contribution >= 0.6 is 11.3 Å². The molecule has 30 heavy (non-hydrogen) atoms. The van der Waals surface area contributed by atoms with Crippen LogP contribution in [0.25, 0.3) is 0 Å². The van der Waals surface area contributed by atoms with Gasteiger partial charge in [-0.2, -0.15) is 0 Å². The lowest BCUT2D eigenvalue weighted by atomic mass is 10.1. The number of anilines is 1. The number of nitrogens with one attached hydrogen (secondary N) is 1. The predicted molar refractivity (Wildman–Crippen MR) is 117 cm³/mol. The third-order valence-electron chi connectivity index (χ3n) is 5.13. The smallest absolute Gasteiger partial charge is 0.264 e. The van der Waals surface area contributed by atoms with E-state index in [2.05, 4.69) is 10.3 Å². The summed E-state index contributed by atoms with van der Waals surface area (Å²) in [5.74, 6) is 0.431. The second-order valence-corrected chi connectivity index (χ2v) is 8.40. The van der Waals surface area contributed by atoms with Crippen molar-refractivity contribution in [3.8, 4) is 5.75 Å². The van der Waals surface area contributed by atoms with Gasteiger partial charge in [0.2, 0.25) is 0 Å². The van der Waals surface area contributed by atoms with E-state index in [1.54, 1.807) is 0 Å². The van der Waals surface area contributed by atoms with Crippen LogP contribution in [0.3, 0.4) is 0 Å². The Kier molecular flexibility index (Phi) is 5.81. The molecule has 2 amide bonds. The van der Waals surface area contributed by atoms with Crippen LogP contribution < -0.4 is 10.1 Å². The maximum atomic E-state index is 12.7. The molecule has 4 rings (SSSR count). The van der Waals surface area contributed by atoms with E-state index in [4.69, 9.17) is 4.74 Å². The van der Waals surface area contributed by atoms with Crippen LogP contribution in [0.4, 0.5) is 5.13 Å². The van der Waals surface area contributed by atoms with Crippen molar-refractivity contribution in [3.05, 3.63) is 75.8 Å². The first-order chi connectivity index (χ1) is 14.5. The van der Waals surface area contributed by atoms with E-state index < -0.39 is 0 Å². The molecule has 1 aromatic heterocycles. The van der Waals surface area contributed by atoms with Gasteiger partial charge in [-0.05, 0) is 49.2 Å². The SMILES string of the molecule is Cc1ccc(OCC(=O)Nc2nc3c(s2)CN(C(=O)c2ccccc2)CC3)cc1C. The van der Waals surface area contributed by atoms with Crippen LogP contribution in [0.15, 0.2) is 48.5 Å². The van der Waals surface area contributed by atoms with Gasteiger partial charge in [-0.1, -0.05) is 35.6 Å². The molecule has 0 spiro atoms. The third-order valence-corrected chi connectivity index (χ3v) is 6.13. The van der Waals surface area contributed by atoms with Gasteiger partial charge in [-0.25, -0.2) is 4.98 Å². The van der Waals surface area contributed by atoms with Gasteiger partial charge in [0, 0.05) is 23.4 Å². The van der Waals surface area contributed by atoms with E-state index in [1.807, 2.05) is 67.3 Å². The molecule has 0 aliphatic carbocycles. The number of amides is 2. The molecule has 0 saturated carbocycles. The van der Waals surface area contributed by atoms with E-state index in [0.29, 0.717) is 36.0 Å². The Balaban J connectivity index is 1.35. The van der Waals surface area contributed by atoms with Crippen LogP contribution in [-0.2, 0) is 17.8 Å². The standard InChI is InChI=1S/C23H23N3O3S/c1-15-8-9-18(12-16(15)2)29-14-21(27)25-23-24-19-10-11-26(13-20(19)30-23)22(28)17-6-4-3-5-7-17/h3-9,12H,10-11,13-14H2,1-2H3,(H,24,25,27). The van der Waals surface area contributed by atoms with Crippen molar-refractivity contribution in [2.24, 2.45) is 0 Å². The second-order valence-electron chi connectivity index (χ2n) is 7.31. The summed E-state index contributed by atoms with van der Waals surface area (Å²) in [6.45, 7) is 5.09. The Morgan fingerprint density at radius 3 is 2.70 bits per heavy atom. The maximum absolute atomic E-state index is 12.7. The number of aromatic nitrogens is 1. The topological polar surface area (TPSA) is 71.5 Å². The number of thiazole rings is 1. The zero-order valence-corrected chi connectivity index (χ0v) is 17.8. The van der Waals surface area contributed by atoms with E-state index in [-0.39, 0.29) is 18.4 Å². The molecular formula is C23H23N3O3S. The van der Waals surface area contributed by atoms with Crippen LogP contribution in [0.1, 0.15) is 32.1 Å². The Morgan fingerprint density at radius 1 is 1.13 bits per heavy atom. The van der Waals surface area contributed by atoms with Crippen LogP contribution in [0, 0.1) is 13.8 Å². The summed E-state index contributed by atoms with van der Waals surface area (Å²) in [4.78, 5) is 32.3. The minimum absolute atomic E-state index is 0.0158. The molecule has 0 atom stereocenters. The van der Waals surface area contributed by atoms with Gasteiger partial charge in [0.1, 0.15) is 5.75 Å². The minimum atomic E-state index is -0.253. The van der Waals surface area contributed by atoms with E-state index in [0.717, 1.165) is 16.1 Å². The molecule has 7 heteroatoms. The van der Waals surface area contributed by atoms with E-state index in [1.165, 1.54) is 16.9 Å². The van der Waals surface area contributed by atoms with Gasteiger partial charge >= 0.3 is 0 Å². The summed E-state index contributed by atoms with van der Waals surface area (Å²) in [5, 5.41) is 3.36. The molecule has 2 aromatic carbocycles. The molecule has 1 aliphatic heterocycles. The van der Waals surface area contributed by atoms with Crippen molar-refractivity contribution in [2.75, 3.05) is 18.5 Å². The highest BCUT2D eigenvalue weighted by molar-refractivity contribution is 7.15. The molecule has 3 aromatic rings. The average molecular weight is 422 g/mol. The number of ether oxygens (including phenoxy) is 1. The quantitative estimate of drug-likeness (QED) is 0.677. The lowest BCUT2D eigenvalue weighted by Gasteiger charge is -2.26. The Hall–Kier alpha value is -3.19. The fraction of sp³-hybridized carbons (Fsp3) is 0.261. The highest BCUT2D eigenvalue weighted by Gasteiger charge is 2.25. The van der Waals surface area contributed by atoms with Gasteiger partial charge in [0.05, 0.1) is 12.2 Å². The van der Waals surface area contributed by atoms with Gasteiger partial charge < -0.3 is 9.64 Å². The Bertz CT molecular complexity index is 1080. The Labute approximate surface area is 179 Å². The van der Waals surface area contributed by atoms with Crippen LogP contribution in [0.2, 0.25) is 0 Å². The van der Waals surface area contributed by atoms with Crippen LogP contribution in [0.5, 0.6) is 5.75 Å². The lowest BCUT2D eigenvalue weighted by molar-refractivity contribution is -0.118. The number of hydrogen-bond donors (Lipinski definition) is 1. The summed E-state index contributed by atoms with van der Waals surface area (Å²) in [5.41, 5.74) is 3.93.